The second kappa shape index (κ2) is 5.39. The van der Waals surface area contributed by atoms with Gasteiger partial charge < -0.3 is 9.64 Å². The molecule has 1 amide bonds. The van der Waals surface area contributed by atoms with E-state index in [0.717, 1.165) is 25.8 Å². The number of carbonyl (C=O) groups excluding carboxylic acids is 2. The van der Waals surface area contributed by atoms with Crippen LogP contribution in [0.1, 0.15) is 39.5 Å². The molecule has 18 heavy (non-hydrogen) atoms. The molecular weight excluding hydrogens is 230 g/mol. The molecule has 2 fully saturated rings. The fraction of sp³-hybridized carbons (Fsp3) is 0.857. The third-order valence-electron chi connectivity index (χ3n) is 4.16. The highest BCUT2D eigenvalue weighted by molar-refractivity contribution is 5.88. The van der Waals surface area contributed by atoms with Crippen LogP contribution < -0.4 is 0 Å². The van der Waals surface area contributed by atoms with E-state index in [0.29, 0.717) is 32.0 Å². The van der Waals surface area contributed by atoms with Crippen LogP contribution in [0.15, 0.2) is 0 Å². The van der Waals surface area contributed by atoms with E-state index in [1.54, 1.807) is 0 Å². The molecule has 0 saturated carbocycles. The Hall–Kier alpha value is -0.900. The molecule has 0 radical (unpaired) electrons. The van der Waals surface area contributed by atoms with Gasteiger partial charge in [-0.1, -0.05) is 13.8 Å². The van der Waals surface area contributed by atoms with Crippen LogP contribution in [0.5, 0.6) is 0 Å². The molecule has 2 saturated heterocycles. The summed E-state index contributed by atoms with van der Waals surface area (Å²) in [5.41, 5.74) is -0.355. The minimum Gasteiger partial charge on any atom is -0.381 e. The van der Waals surface area contributed by atoms with Gasteiger partial charge >= 0.3 is 0 Å². The summed E-state index contributed by atoms with van der Waals surface area (Å²) in [6.45, 7) is 6.59. The van der Waals surface area contributed by atoms with Crippen LogP contribution in [0.3, 0.4) is 0 Å². The molecule has 0 aromatic carbocycles. The van der Waals surface area contributed by atoms with Crippen LogP contribution in [-0.4, -0.2) is 42.9 Å². The monoisotopic (exact) mass is 253 g/mol. The lowest BCUT2D eigenvalue weighted by Crippen LogP contribution is -2.48. The first-order valence-electron chi connectivity index (χ1n) is 6.95. The molecule has 0 aromatic rings. The Morgan fingerprint density at radius 1 is 1.39 bits per heavy atom. The molecule has 0 bridgehead atoms. The van der Waals surface area contributed by atoms with E-state index in [-0.39, 0.29) is 17.2 Å². The second-order valence-electron chi connectivity index (χ2n) is 5.83. The van der Waals surface area contributed by atoms with E-state index in [2.05, 4.69) is 0 Å². The Kier molecular flexibility index (Phi) is 4.05. The fourth-order valence-electron chi connectivity index (χ4n) is 3.09. The van der Waals surface area contributed by atoms with Crippen LogP contribution in [-0.2, 0) is 14.3 Å². The first kappa shape index (κ1) is 13.5. The summed E-state index contributed by atoms with van der Waals surface area (Å²) in [6.07, 6.45) is 3.09. The van der Waals surface area contributed by atoms with Crippen molar-refractivity contribution < 1.29 is 14.3 Å². The van der Waals surface area contributed by atoms with Crippen molar-refractivity contribution in [3.8, 4) is 0 Å². The largest absolute Gasteiger partial charge is 0.381 e. The lowest BCUT2D eigenvalue weighted by atomic mass is 9.72. The van der Waals surface area contributed by atoms with E-state index in [1.807, 2.05) is 18.7 Å². The van der Waals surface area contributed by atoms with Gasteiger partial charge in [0.05, 0.1) is 5.41 Å². The topological polar surface area (TPSA) is 46.6 Å². The quantitative estimate of drug-likeness (QED) is 0.765. The Morgan fingerprint density at radius 2 is 2.06 bits per heavy atom. The number of ether oxygens (including phenoxy) is 1. The van der Waals surface area contributed by atoms with Crippen molar-refractivity contribution >= 4 is 11.7 Å². The average Bonchev–Trinajstić information content (AvgIpc) is 2.75. The average molecular weight is 253 g/mol. The molecule has 0 aliphatic carbocycles. The van der Waals surface area contributed by atoms with E-state index < -0.39 is 0 Å². The summed E-state index contributed by atoms with van der Waals surface area (Å²) in [6, 6.07) is 0. The summed E-state index contributed by atoms with van der Waals surface area (Å²) < 4.78 is 5.39. The van der Waals surface area contributed by atoms with Crippen LogP contribution >= 0.6 is 0 Å². The molecule has 4 nitrogen and oxygen atoms in total. The molecule has 2 rings (SSSR count). The molecule has 4 heteroatoms. The minimum atomic E-state index is -0.355. The maximum absolute atomic E-state index is 12.5. The van der Waals surface area contributed by atoms with E-state index in [1.165, 1.54) is 0 Å². The summed E-state index contributed by atoms with van der Waals surface area (Å²) in [4.78, 5) is 26.2. The molecule has 0 N–H and O–H groups in total. The third-order valence-corrected chi connectivity index (χ3v) is 4.16. The van der Waals surface area contributed by atoms with Gasteiger partial charge in [0, 0.05) is 38.6 Å². The highest BCUT2D eigenvalue weighted by Crippen LogP contribution is 2.36. The predicted octanol–water partition coefficient (Wildman–Crippen LogP) is 1.63. The highest BCUT2D eigenvalue weighted by Gasteiger charge is 2.43. The van der Waals surface area contributed by atoms with Gasteiger partial charge in [-0.15, -0.1) is 0 Å². The number of rotatable bonds is 4. The zero-order valence-electron chi connectivity index (χ0n) is 11.4. The van der Waals surface area contributed by atoms with Gasteiger partial charge in [0.2, 0.25) is 5.91 Å². The third kappa shape index (κ3) is 2.58. The summed E-state index contributed by atoms with van der Waals surface area (Å²) in [7, 11) is 0. The number of carbonyl (C=O) groups is 2. The van der Waals surface area contributed by atoms with Crippen molar-refractivity contribution in [3.63, 3.8) is 0 Å². The Labute approximate surface area is 109 Å². The highest BCUT2D eigenvalue weighted by atomic mass is 16.5. The second-order valence-corrected chi connectivity index (χ2v) is 5.83. The van der Waals surface area contributed by atoms with Crippen molar-refractivity contribution in [2.24, 2.45) is 11.3 Å². The Balaban J connectivity index is 2.13. The first-order valence-corrected chi connectivity index (χ1v) is 6.95. The van der Waals surface area contributed by atoms with Crippen LogP contribution in [0, 0.1) is 11.3 Å². The SMILES string of the molecule is CC(C)C(=O)C1(CN2CCCC2=O)CCOCC1. The first-order chi connectivity index (χ1) is 8.55. The molecule has 0 unspecified atom stereocenters. The van der Waals surface area contributed by atoms with E-state index in [4.69, 9.17) is 4.74 Å². The van der Waals surface area contributed by atoms with E-state index in [9.17, 15) is 9.59 Å². The number of Topliss-reactive ketones (excluding diaryl/α,β-unsaturated/α-hetero) is 1. The molecule has 0 atom stereocenters. The summed E-state index contributed by atoms with van der Waals surface area (Å²) in [5, 5.41) is 0. The molecule has 102 valence electrons. The van der Waals surface area contributed by atoms with E-state index >= 15 is 0 Å². The molecule has 2 heterocycles. The number of amides is 1. The standard InChI is InChI=1S/C14H23NO3/c1-11(2)13(17)14(5-8-18-9-6-14)10-15-7-3-4-12(15)16/h11H,3-10H2,1-2H3. The van der Waals surface area contributed by atoms with Gasteiger partial charge in [0.25, 0.3) is 0 Å². The predicted molar refractivity (Wildman–Crippen MR) is 68.1 cm³/mol. The zero-order chi connectivity index (χ0) is 13.2. The van der Waals surface area contributed by atoms with Gasteiger partial charge in [-0.05, 0) is 19.3 Å². The van der Waals surface area contributed by atoms with Crippen LogP contribution in [0.4, 0.5) is 0 Å². The minimum absolute atomic E-state index is 0.0285. The number of ketones is 1. The lowest BCUT2D eigenvalue weighted by molar-refractivity contribution is -0.142. The van der Waals surface area contributed by atoms with Crippen molar-refractivity contribution in [1.82, 2.24) is 4.90 Å². The lowest BCUT2D eigenvalue weighted by Gasteiger charge is -2.39. The summed E-state index contributed by atoms with van der Waals surface area (Å²) >= 11 is 0. The normalized spacial score (nSPS) is 23.7. The van der Waals surface area contributed by atoms with Crippen molar-refractivity contribution in [2.45, 2.75) is 39.5 Å². The molecular formula is C14H23NO3. The molecule has 0 aromatic heterocycles. The molecule has 2 aliphatic rings. The van der Waals surface area contributed by atoms with Gasteiger partial charge in [0.1, 0.15) is 5.78 Å². The zero-order valence-corrected chi connectivity index (χ0v) is 11.4. The fourth-order valence-corrected chi connectivity index (χ4v) is 3.09. The van der Waals surface area contributed by atoms with Gasteiger partial charge in [-0.25, -0.2) is 0 Å². The summed E-state index contributed by atoms with van der Waals surface area (Å²) in [5.74, 6) is 0.531. The number of nitrogens with zero attached hydrogens (tertiary/aromatic N) is 1. The van der Waals surface area contributed by atoms with Crippen molar-refractivity contribution in [2.75, 3.05) is 26.3 Å². The van der Waals surface area contributed by atoms with Crippen molar-refractivity contribution in [3.05, 3.63) is 0 Å². The van der Waals surface area contributed by atoms with Crippen LogP contribution in [0.2, 0.25) is 0 Å². The van der Waals surface area contributed by atoms with Gasteiger partial charge in [-0.3, -0.25) is 9.59 Å². The Morgan fingerprint density at radius 3 is 2.56 bits per heavy atom. The maximum atomic E-state index is 12.5. The number of likely N-dealkylation sites (tertiary alicyclic amines) is 1. The van der Waals surface area contributed by atoms with Crippen molar-refractivity contribution in [1.29, 1.82) is 0 Å². The maximum Gasteiger partial charge on any atom is 0.222 e. The number of hydrogen-bond acceptors (Lipinski definition) is 3. The smallest absolute Gasteiger partial charge is 0.222 e. The Bertz CT molecular complexity index is 332. The van der Waals surface area contributed by atoms with Crippen LogP contribution in [0.25, 0.3) is 0 Å². The number of hydrogen-bond donors (Lipinski definition) is 0. The molecule has 0 spiro atoms. The molecule has 2 aliphatic heterocycles. The van der Waals surface area contributed by atoms with Gasteiger partial charge in [-0.2, -0.15) is 0 Å². The van der Waals surface area contributed by atoms with Gasteiger partial charge in [0.15, 0.2) is 0 Å².